The van der Waals surface area contributed by atoms with Gasteiger partial charge in [-0.25, -0.2) is 0 Å². The van der Waals surface area contributed by atoms with Crippen molar-refractivity contribution < 1.29 is 9.21 Å². The van der Waals surface area contributed by atoms with Crippen molar-refractivity contribution in [3.63, 3.8) is 0 Å². The van der Waals surface area contributed by atoms with Gasteiger partial charge in [0.05, 0.1) is 6.42 Å². The van der Waals surface area contributed by atoms with Crippen molar-refractivity contribution in [3.8, 4) is 0 Å². The van der Waals surface area contributed by atoms with Crippen LogP contribution in [0.4, 0.5) is 5.69 Å². The fraction of sp³-hybridized carbons (Fsp3) is 0.350. The molecule has 0 spiro atoms. The molecule has 130 valence electrons. The Balaban J connectivity index is 1.57. The van der Waals surface area contributed by atoms with Crippen molar-refractivity contribution >= 4 is 33.9 Å². The van der Waals surface area contributed by atoms with E-state index < -0.39 is 0 Å². The van der Waals surface area contributed by atoms with Gasteiger partial charge in [0.2, 0.25) is 5.91 Å². The maximum Gasteiger partial charge on any atom is 0.228 e. The Morgan fingerprint density at radius 2 is 2.24 bits per heavy atom. The van der Waals surface area contributed by atoms with Crippen LogP contribution in [0.2, 0.25) is 0 Å². The molecule has 1 amide bonds. The third-order valence-electron chi connectivity index (χ3n) is 4.98. The fourth-order valence-corrected chi connectivity index (χ4v) is 4.23. The highest BCUT2D eigenvalue weighted by molar-refractivity contribution is 7.08. The number of benzene rings is 1. The van der Waals surface area contributed by atoms with Gasteiger partial charge in [0.1, 0.15) is 11.3 Å². The molecule has 3 aromatic rings. The molecule has 0 bridgehead atoms. The van der Waals surface area contributed by atoms with E-state index in [1.54, 1.807) is 11.3 Å². The van der Waals surface area contributed by atoms with Gasteiger partial charge in [-0.1, -0.05) is 0 Å². The summed E-state index contributed by atoms with van der Waals surface area (Å²) in [6.45, 7) is 0. The quantitative estimate of drug-likeness (QED) is 0.767. The van der Waals surface area contributed by atoms with E-state index in [-0.39, 0.29) is 5.91 Å². The molecule has 0 saturated carbocycles. The normalized spacial score (nSPS) is 17.0. The standard InChI is InChI=1S/C20H22N2O2S/c1-22(2)15-4-6-19-17(11-15)16-10-14(3-5-18(16)24-19)21-20(23)9-13-7-8-25-12-13/h3,5,7-8,10,12,15H,4,6,9,11H2,1-2H3,(H,21,23). The Labute approximate surface area is 151 Å². The van der Waals surface area contributed by atoms with Crippen molar-refractivity contribution in [1.82, 2.24) is 4.90 Å². The minimum absolute atomic E-state index is 0.0151. The highest BCUT2D eigenvalue weighted by atomic mass is 32.1. The lowest BCUT2D eigenvalue weighted by atomic mass is 9.91. The lowest BCUT2D eigenvalue weighted by Crippen LogP contribution is -2.33. The molecule has 1 unspecified atom stereocenters. The van der Waals surface area contributed by atoms with Crippen LogP contribution in [0.5, 0.6) is 0 Å². The van der Waals surface area contributed by atoms with Crippen LogP contribution in [-0.2, 0) is 24.1 Å². The summed E-state index contributed by atoms with van der Waals surface area (Å²) in [4.78, 5) is 14.5. The molecule has 2 heterocycles. The number of aryl methyl sites for hydroxylation is 1. The van der Waals surface area contributed by atoms with E-state index in [4.69, 9.17) is 4.42 Å². The number of amides is 1. The first kappa shape index (κ1) is 16.4. The highest BCUT2D eigenvalue weighted by Crippen LogP contribution is 2.34. The van der Waals surface area contributed by atoms with Crippen molar-refractivity contribution in [3.05, 3.63) is 51.9 Å². The summed E-state index contributed by atoms with van der Waals surface area (Å²) < 4.78 is 6.03. The smallest absolute Gasteiger partial charge is 0.228 e. The van der Waals surface area contributed by atoms with Crippen molar-refractivity contribution in [2.24, 2.45) is 0 Å². The van der Waals surface area contributed by atoms with Crippen LogP contribution in [0.15, 0.2) is 39.4 Å². The molecule has 1 atom stereocenters. The van der Waals surface area contributed by atoms with Crippen LogP contribution in [0.1, 0.15) is 23.3 Å². The topological polar surface area (TPSA) is 45.5 Å². The van der Waals surface area contributed by atoms with E-state index in [0.717, 1.165) is 47.2 Å². The van der Waals surface area contributed by atoms with Gasteiger partial charge >= 0.3 is 0 Å². The van der Waals surface area contributed by atoms with Gasteiger partial charge in [-0.05, 0) is 67.5 Å². The van der Waals surface area contributed by atoms with Crippen LogP contribution >= 0.6 is 11.3 Å². The molecule has 1 aromatic carbocycles. The number of thiophene rings is 1. The Morgan fingerprint density at radius 3 is 3.00 bits per heavy atom. The summed E-state index contributed by atoms with van der Waals surface area (Å²) in [5.74, 6) is 1.12. The number of rotatable bonds is 4. The summed E-state index contributed by atoms with van der Waals surface area (Å²) in [7, 11) is 4.27. The number of hydrogen-bond donors (Lipinski definition) is 1. The van der Waals surface area contributed by atoms with Crippen LogP contribution in [0.25, 0.3) is 11.0 Å². The summed E-state index contributed by atoms with van der Waals surface area (Å²) in [6, 6.07) is 8.48. The molecule has 5 heteroatoms. The highest BCUT2D eigenvalue weighted by Gasteiger charge is 2.25. The fourth-order valence-electron chi connectivity index (χ4n) is 3.56. The average molecular weight is 354 g/mol. The van der Waals surface area contributed by atoms with E-state index in [0.29, 0.717) is 12.5 Å². The second-order valence-electron chi connectivity index (χ2n) is 6.93. The first-order chi connectivity index (χ1) is 12.1. The van der Waals surface area contributed by atoms with Gasteiger partial charge < -0.3 is 14.6 Å². The zero-order valence-electron chi connectivity index (χ0n) is 14.5. The molecule has 0 saturated heterocycles. The molecule has 4 nitrogen and oxygen atoms in total. The second kappa shape index (κ2) is 6.65. The first-order valence-corrected chi connectivity index (χ1v) is 9.56. The largest absolute Gasteiger partial charge is 0.461 e. The SMILES string of the molecule is CN(C)C1CCc2oc3ccc(NC(=O)Cc4ccsc4)cc3c2C1. The van der Waals surface area contributed by atoms with E-state index in [2.05, 4.69) is 30.4 Å². The number of likely N-dealkylation sites (N-methyl/N-ethyl adjacent to an activating group) is 1. The van der Waals surface area contributed by atoms with Gasteiger partial charge in [0, 0.05) is 29.1 Å². The molecular weight excluding hydrogens is 332 g/mol. The molecular formula is C20H22N2O2S. The van der Waals surface area contributed by atoms with Gasteiger partial charge in [-0.3, -0.25) is 4.79 Å². The molecule has 0 radical (unpaired) electrons. The molecule has 1 aliphatic carbocycles. The van der Waals surface area contributed by atoms with Gasteiger partial charge in [-0.2, -0.15) is 11.3 Å². The van der Waals surface area contributed by atoms with Crippen LogP contribution < -0.4 is 5.32 Å². The molecule has 0 aliphatic heterocycles. The number of nitrogens with zero attached hydrogens (tertiary/aromatic N) is 1. The summed E-state index contributed by atoms with van der Waals surface area (Å²) in [5.41, 5.74) is 4.11. The molecule has 25 heavy (non-hydrogen) atoms. The second-order valence-corrected chi connectivity index (χ2v) is 7.71. The van der Waals surface area contributed by atoms with E-state index >= 15 is 0 Å². The molecule has 2 aromatic heterocycles. The number of fused-ring (bicyclic) bond motifs is 3. The number of furan rings is 1. The van der Waals surface area contributed by atoms with Crippen molar-refractivity contribution in [1.29, 1.82) is 0 Å². The number of hydrogen-bond acceptors (Lipinski definition) is 4. The predicted molar refractivity (Wildman–Crippen MR) is 102 cm³/mol. The molecule has 0 fully saturated rings. The third-order valence-corrected chi connectivity index (χ3v) is 5.71. The van der Waals surface area contributed by atoms with Crippen molar-refractivity contribution in [2.75, 3.05) is 19.4 Å². The van der Waals surface area contributed by atoms with E-state index in [9.17, 15) is 4.79 Å². The Bertz CT molecular complexity index is 896. The Hall–Kier alpha value is -2.11. The average Bonchev–Trinajstić information content (AvgIpc) is 3.21. The number of anilines is 1. The van der Waals surface area contributed by atoms with Crippen LogP contribution in [-0.4, -0.2) is 30.9 Å². The minimum atomic E-state index is 0.0151. The molecule has 1 aliphatic rings. The first-order valence-electron chi connectivity index (χ1n) is 8.62. The Morgan fingerprint density at radius 1 is 1.36 bits per heavy atom. The van der Waals surface area contributed by atoms with Crippen LogP contribution in [0, 0.1) is 0 Å². The van der Waals surface area contributed by atoms with Gasteiger partial charge in [0.15, 0.2) is 0 Å². The summed E-state index contributed by atoms with van der Waals surface area (Å²) >= 11 is 1.61. The van der Waals surface area contributed by atoms with E-state index in [1.165, 1.54) is 5.56 Å². The maximum atomic E-state index is 12.2. The lowest BCUT2D eigenvalue weighted by molar-refractivity contribution is -0.115. The monoisotopic (exact) mass is 354 g/mol. The zero-order valence-corrected chi connectivity index (χ0v) is 15.4. The lowest BCUT2D eigenvalue weighted by Gasteiger charge is -2.27. The summed E-state index contributed by atoms with van der Waals surface area (Å²) in [6.07, 6.45) is 3.52. The maximum absolute atomic E-state index is 12.2. The Kier molecular flexibility index (Phi) is 4.36. The van der Waals surface area contributed by atoms with Gasteiger partial charge in [0.25, 0.3) is 0 Å². The minimum Gasteiger partial charge on any atom is -0.461 e. The number of carbonyl (C=O) groups excluding carboxylic acids is 1. The summed E-state index contributed by atoms with van der Waals surface area (Å²) in [5, 5.41) is 8.15. The van der Waals surface area contributed by atoms with Crippen molar-refractivity contribution in [2.45, 2.75) is 31.7 Å². The van der Waals surface area contributed by atoms with E-state index in [1.807, 2.05) is 29.0 Å². The van der Waals surface area contributed by atoms with Gasteiger partial charge in [-0.15, -0.1) is 0 Å². The van der Waals surface area contributed by atoms with Crippen LogP contribution in [0.3, 0.4) is 0 Å². The number of nitrogens with one attached hydrogen (secondary N) is 1. The molecule has 1 N–H and O–H groups in total. The number of carbonyl (C=O) groups is 1. The predicted octanol–water partition coefficient (Wildman–Crippen LogP) is 4.09. The third kappa shape index (κ3) is 3.34. The zero-order chi connectivity index (χ0) is 17.4. The molecule has 4 rings (SSSR count).